The van der Waals surface area contributed by atoms with Crippen molar-refractivity contribution in [3.8, 4) is 0 Å². The highest BCUT2D eigenvalue weighted by molar-refractivity contribution is 5.97. The number of aromatic nitrogens is 1. The lowest BCUT2D eigenvalue weighted by Gasteiger charge is -2.29. The Kier molecular flexibility index (Phi) is 5.54. The van der Waals surface area contributed by atoms with Crippen LogP contribution < -0.4 is 10.2 Å². The first-order valence-corrected chi connectivity index (χ1v) is 9.02. The fraction of sp³-hybridized carbons (Fsp3) is 0.286. The molecule has 6 nitrogen and oxygen atoms in total. The highest BCUT2D eigenvalue weighted by Crippen LogP contribution is 2.29. The molecule has 2 heterocycles. The van der Waals surface area contributed by atoms with Crippen LogP contribution >= 0.6 is 0 Å². The maximum absolute atomic E-state index is 11.7. The Labute approximate surface area is 158 Å². The fourth-order valence-corrected chi connectivity index (χ4v) is 3.22. The van der Waals surface area contributed by atoms with Crippen LogP contribution in [0, 0.1) is 6.92 Å². The molecule has 27 heavy (non-hydrogen) atoms. The number of benzene rings is 1. The van der Waals surface area contributed by atoms with Gasteiger partial charge in [-0.3, -0.25) is 4.79 Å². The first-order chi connectivity index (χ1) is 13.0. The third kappa shape index (κ3) is 4.16. The summed E-state index contributed by atoms with van der Waals surface area (Å²) in [7, 11) is 0. The number of aryl methyl sites for hydroxylation is 1. The lowest BCUT2D eigenvalue weighted by atomic mass is 9.95. The molecule has 2 aromatic rings. The molecule has 0 radical (unpaired) electrons. The van der Waals surface area contributed by atoms with E-state index in [1.54, 1.807) is 6.92 Å². The van der Waals surface area contributed by atoms with E-state index in [1.165, 1.54) is 29.0 Å². The van der Waals surface area contributed by atoms with Crippen LogP contribution in [0.15, 0.2) is 42.6 Å². The number of pyridine rings is 1. The van der Waals surface area contributed by atoms with Crippen molar-refractivity contribution < 1.29 is 14.7 Å². The van der Waals surface area contributed by atoms with E-state index in [0.29, 0.717) is 31.0 Å². The largest absolute Gasteiger partial charge is 0.478 e. The first kappa shape index (κ1) is 18.6. The summed E-state index contributed by atoms with van der Waals surface area (Å²) in [6, 6.07) is 9.73. The summed E-state index contributed by atoms with van der Waals surface area (Å²) in [6.45, 7) is 5.11. The van der Waals surface area contributed by atoms with Crippen molar-refractivity contribution in [3.63, 3.8) is 0 Å². The molecule has 0 unspecified atom stereocenters. The maximum atomic E-state index is 11.7. The van der Waals surface area contributed by atoms with Crippen molar-refractivity contribution in [3.05, 3.63) is 59.3 Å². The smallest absolute Gasteiger partial charge is 0.339 e. The third-order valence-corrected chi connectivity index (χ3v) is 4.70. The van der Waals surface area contributed by atoms with Gasteiger partial charge in [-0.1, -0.05) is 37.3 Å². The number of carbonyl (C=O) groups is 2. The Morgan fingerprint density at radius 1 is 1.30 bits per heavy atom. The van der Waals surface area contributed by atoms with Crippen LogP contribution in [0.25, 0.3) is 5.57 Å². The monoisotopic (exact) mass is 365 g/mol. The number of rotatable bonds is 5. The number of anilines is 2. The van der Waals surface area contributed by atoms with Gasteiger partial charge in [0.15, 0.2) is 0 Å². The molecule has 0 spiro atoms. The lowest BCUT2D eigenvalue weighted by Crippen LogP contribution is -2.30. The zero-order valence-corrected chi connectivity index (χ0v) is 15.5. The molecule has 6 heteroatoms. The highest BCUT2D eigenvalue weighted by atomic mass is 16.4. The average Bonchev–Trinajstić information content (AvgIpc) is 2.68. The summed E-state index contributed by atoms with van der Waals surface area (Å²) in [5, 5.41) is 12.2. The Balaban J connectivity index is 1.84. The molecule has 1 aromatic heterocycles. The maximum Gasteiger partial charge on any atom is 0.339 e. The molecule has 3 rings (SSSR count). The number of carboxylic acid groups (broad SMARTS) is 1. The predicted molar refractivity (Wildman–Crippen MR) is 106 cm³/mol. The van der Waals surface area contributed by atoms with Crippen LogP contribution in [0.1, 0.15) is 41.3 Å². The van der Waals surface area contributed by atoms with Gasteiger partial charge in [0.25, 0.3) is 0 Å². The van der Waals surface area contributed by atoms with Crippen molar-refractivity contribution in [1.29, 1.82) is 0 Å². The van der Waals surface area contributed by atoms with Crippen LogP contribution in [0.5, 0.6) is 0 Å². The molecular formula is C21H23N3O3. The topological polar surface area (TPSA) is 82.5 Å². The number of carbonyl (C=O) groups excluding carboxylic acids is 1. The summed E-state index contributed by atoms with van der Waals surface area (Å²) in [6.07, 6.45) is 4.78. The van der Waals surface area contributed by atoms with Gasteiger partial charge < -0.3 is 15.3 Å². The molecule has 0 aliphatic carbocycles. The molecule has 0 bridgehead atoms. The van der Waals surface area contributed by atoms with Crippen LogP contribution in [-0.2, 0) is 4.79 Å². The summed E-state index contributed by atoms with van der Waals surface area (Å²) in [4.78, 5) is 29.5. The van der Waals surface area contributed by atoms with Gasteiger partial charge in [0, 0.05) is 19.5 Å². The third-order valence-electron chi connectivity index (χ3n) is 4.70. The zero-order valence-electron chi connectivity index (χ0n) is 15.5. The number of hydrogen-bond donors (Lipinski definition) is 2. The Morgan fingerprint density at radius 3 is 2.70 bits per heavy atom. The quantitative estimate of drug-likeness (QED) is 0.844. The number of aromatic carboxylic acids is 1. The van der Waals surface area contributed by atoms with Crippen molar-refractivity contribution in [2.24, 2.45) is 0 Å². The second-order valence-electron chi connectivity index (χ2n) is 6.54. The van der Waals surface area contributed by atoms with Crippen LogP contribution in [0.2, 0.25) is 0 Å². The fourth-order valence-electron chi connectivity index (χ4n) is 3.22. The molecule has 1 amide bonds. The van der Waals surface area contributed by atoms with Crippen LogP contribution in [-0.4, -0.2) is 35.1 Å². The van der Waals surface area contributed by atoms with E-state index >= 15 is 0 Å². The summed E-state index contributed by atoms with van der Waals surface area (Å²) >= 11 is 0. The van der Waals surface area contributed by atoms with E-state index in [-0.39, 0.29) is 11.5 Å². The molecule has 0 atom stereocenters. The van der Waals surface area contributed by atoms with E-state index in [9.17, 15) is 14.7 Å². The minimum absolute atomic E-state index is 0.0941. The van der Waals surface area contributed by atoms with Gasteiger partial charge in [-0.15, -0.1) is 0 Å². The second kappa shape index (κ2) is 8.03. The van der Waals surface area contributed by atoms with E-state index in [0.717, 1.165) is 6.42 Å². The normalized spacial score (nSPS) is 13.9. The molecule has 1 aromatic carbocycles. The standard InChI is InChI=1S/C21H23N3O3/c1-3-19(25)23-16-12-18(21(26)27)20(22-13-16)24-10-8-15(9-11-24)17-7-5-4-6-14(17)2/h4-8,12-13H,3,9-11H2,1-2H3,(H,23,25)(H,26,27). The number of carboxylic acids is 1. The van der Waals surface area contributed by atoms with Crippen molar-refractivity contribution >= 4 is 29.0 Å². The van der Waals surface area contributed by atoms with Gasteiger partial charge in [-0.05, 0) is 36.1 Å². The number of amides is 1. The van der Waals surface area contributed by atoms with Crippen molar-refractivity contribution in [2.45, 2.75) is 26.7 Å². The molecule has 2 N–H and O–H groups in total. The summed E-state index contributed by atoms with van der Waals surface area (Å²) < 4.78 is 0. The molecule has 1 aliphatic rings. The van der Waals surface area contributed by atoms with Gasteiger partial charge in [-0.25, -0.2) is 9.78 Å². The van der Waals surface area contributed by atoms with E-state index < -0.39 is 5.97 Å². The first-order valence-electron chi connectivity index (χ1n) is 9.02. The predicted octanol–water partition coefficient (Wildman–Crippen LogP) is 3.73. The zero-order chi connectivity index (χ0) is 19.4. The number of hydrogen-bond acceptors (Lipinski definition) is 4. The van der Waals surface area contributed by atoms with Gasteiger partial charge in [0.05, 0.1) is 11.9 Å². The Morgan fingerprint density at radius 2 is 2.07 bits per heavy atom. The molecule has 140 valence electrons. The minimum Gasteiger partial charge on any atom is -0.478 e. The highest BCUT2D eigenvalue weighted by Gasteiger charge is 2.21. The minimum atomic E-state index is -1.06. The van der Waals surface area contributed by atoms with E-state index in [1.807, 2.05) is 17.0 Å². The van der Waals surface area contributed by atoms with Crippen LogP contribution in [0.4, 0.5) is 11.5 Å². The van der Waals surface area contributed by atoms with Gasteiger partial charge in [0.1, 0.15) is 11.4 Å². The number of nitrogens with one attached hydrogen (secondary N) is 1. The van der Waals surface area contributed by atoms with Crippen molar-refractivity contribution in [2.75, 3.05) is 23.3 Å². The molecule has 0 saturated heterocycles. The van der Waals surface area contributed by atoms with E-state index in [2.05, 4.69) is 35.4 Å². The van der Waals surface area contributed by atoms with Gasteiger partial charge in [0.2, 0.25) is 5.91 Å². The molecule has 1 aliphatic heterocycles. The van der Waals surface area contributed by atoms with Crippen LogP contribution in [0.3, 0.4) is 0 Å². The average molecular weight is 365 g/mol. The SMILES string of the molecule is CCC(=O)Nc1cnc(N2CC=C(c3ccccc3C)CC2)c(C(=O)O)c1. The van der Waals surface area contributed by atoms with Gasteiger partial charge >= 0.3 is 5.97 Å². The summed E-state index contributed by atoms with van der Waals surface area (Å²) in [5.41, 5.74) is 4.24. The Bertz CT molecular complexity index is 905. The summed E-state index contributed by atoms with van der Waals surface area (Å²) in [5.74, 6) is -0.805. The lowest BCUT2D eigenvalue weighted by molar-refractivity contribution is -0.115. The molecular weight excluding hydrogens is 342 g/mol. The number of nitrogens with zero attached hydrogens (tertiary/aromatic N) is 2. The second-order valence-corrected chi connectivity index (χ2v) is 6.54. The molecule has 0 fully saturated rings. The van der Waals surface area contributed by atoms with E-state index in [4.69, 9.17) is 0 Å². The molecule has 0 saturated carbocycles. The Hall–Kier alpha value is -3.15. The van der Waals surface area contributed by atoms with Crippen molar-refractivity contribution in [1.82, 2.24) is 4.98 Å². The van der Waals surface area contributed by atoms with Gasteiger partial charge in [-0.2, -0.15) is 0 Å².